The molecule has 0 aliphatic carbocycles. The predicted molar refractivity (Wildman–Crippen MR) is 84.6 cm³/mol. The van der Waals surface area contributed by atoms with Crippen molar-refractivity contribution in [3.05, 3.63) is 58.0 Å². The van der Waals surface area contributed by atoms with E-state index in [1.54, 1.807) is 29.2 Å². The van der Waals surface area contributed by atoms with E-state index in [9.17, 15) is 14.9 Å². The van der Waals surface area contributed by atoms with Crippen molar-refractivity contribution < 1.29 is 14.1 Å². The summed E-state index contributed by atoms with van der Waals surface area (Å²) < 4.78 is 5.11. The van der Waals surface area contributed by atoms with Gasteiger partial charge in [0.05, 0.1) is 22.8 Å². The largest absolute Gasteiger partial charge is 0.459 e. The van der Waals surface area contributed by atoms with Gasteiger partial charge in [-0.05, 0) is 24.3 Å². The Kier molecular flexibility index (Phi) is 4.16. The number of nitro benzene ring substituents is 1. The maximum Gasteiger partial charge on any atom is 0.293 e. The first-order chi connectivity index (χ1) is 11.6. The maximum atomic E-state index is 12.2. The van der Waals surface area contributed by atoms with Crippen molar-refractivity contribution in [3.8, 4) is 6.07 Å². The molecule has 24 heavy (non-hydrogen) atoms. The number of carbonyl (C=O) groups excluding carboxylic acids is 1. The zero-order chi connectivity index (χ0) is 17.1. The molecule has 1 amide bonds. The van der Waals surface area contributed by atoms with Gasteiger partial charge in [-0.2, -0.15) is 5.26 Å². The Bertz CT molecular complexity index is 802. The number of piperazine rings is 1. The van der Waals surface area contributed by atoms with E-state index in [1.807, 2.05) is 11.0 Å². The molecule has 0 unspecified atom stereocenters. The molecule has 1 fully saturated rings. The molecule has 0 spiro atoms. The van der Waals surface area contributed by atoms with E-state index in [0.29, 0.717) is 31.9 Å². The second-order valence-electron chi connectivity index (χ2n) is 5.33. The number of benzene rings is 1. The van der Waals surface area contributed by atoms with Gasteiger partial charge in [-0.3, -0.25) is 14.9 Å². The summed E-state index contributed by atoms with van der Waals surface area (Å²) in [5, 5.41) is 20.1. The minimum Gasteiger partial charge on any atom is -0.459 e. The van der Waals surface area contributed by atoms with E-state index in [0.717, 1.165) is 0 Å². The van der Waals surface area contributed by atoms with Gasteiger partial charge >= 0.3 is 0 Å². The number of nitriles is 1. The SMILES string of the molecule is N#Cc1ccc(N2CCN(C(=O)c3ccco3)CC2)c([N+](=O)[O-])c1. The van der Waals surface area contributed by atoms with E-state index in [4.69, 9.17) is 9.68 Å². The predicted octanol–water partition coefficient (Wildman–Crippen LogP) is 2.02. The summed E-state index contributed by atoms with van der Waals surface area (Å²) in [6.45, 7) is 1.83. The first-order valence-electron chi connectivity index (χ1n) is 7.36. The molecule has 0 saturated carbocycles. The highest BCUT2D eigenvalue weighted by Gasteiger charge is 2.27. The van der Waals surface area contributed by atoms with E-state index in [2.05, 4.69) is 0 Å². The van der Waals surface area contributed by atoms with Gasteiger partial charge < -0.3 is 14.2 Å². The molecule has 122 valence electrons. The molecule has 1 aliphatic heterocycles. The highest BCUT2D eigenvalue weighted by Crippen LogP contribution is 2.30. The zero-order valence-corrected chi connectivity index (χ0v) is 12.7. The van der Waals surface area contributed by atoms with Crippen LogP contribution in [0.1, 0.15) is 16.1 Å². The van der Waals surface area contributed by atoms with Crippen LogP contribution in [0.3, 0.4) is 0 Å². The Morgan fingerprint density at radius 2 is 2.00 bits per heavy atom. The molecule has 2 aromatic rings. The van der Waals surface area contributed by atoms with Crippen LogP contribution in [-0.4, -0.2) is 41.9 Å². The quantitative estimate of drug-likeness (QED) is 0.631. The van der Waals surface area contributed by atoms with Gasteiger partial charge in [0.1, 0.15) is 5.69 Å². The lowest BCUT2D eigenvalue weighted by atomic mass is 10.1. The van der Waals surface area contributed by atoms with E-state index < -0.39 is 4.92 Å². The van der Waals surface area contributed by atoms with Crippen LogP contribution in [0.15, 0.2) is 41.0 Å². The fourth-order valence-corrected chi connectivity index (χ4v) is 2.71. The van der Waals surface area contributed by atoms with Gasteiger partial charge in [0, 0.05) is 32.2 Å². The van der Waals surface area contributed by atoms with Crippen LogP contribution in [0.4, 0.5) is 11.4 Å². The van der Waals surface area contributed by atoms with Crippen LogP contribution in [0.5, 0.6) is 0 Å². The van der Waals surface area contributed by atoms with Gasteiger partial charge in [0.25, 0.3) is 11.6 Å². The van der Waals surface area contributed by atoms with Crippen molar-refractivity contribution in [2.45, 2.75) is 0 Å². The molecule has 0 radical (unpaired) electrons. The number of hydrogen-bond donors (Lipinski definition) is 0. The minimum atomic E-state index is -0.490. The summed E-state index contributed by atoms with van der Waals surface area (Å²) in [4.78, 5) is 26.5. The van der Waals surface area contributed by atoms with E-state index in [1.165, 1.54) is 12.3 Å². The normalized spacial score (nSPS) is 14.3. The number of anilines is 1. The molecule has 1 aliphatic rings. The highest BCUT2D eigenvalue weighted by molar-refractivity contribution is 5.91. The lowest BCUT2D eigenvalue weighted by Gasteiger charge is -2.35. The van der Waals surface area contributed by atoms with Crippen LogP contribution in [0.2, 0.25) is 0 Å². The van der Waals surface area contributed by atoms with Crippen LogP contribution in [-0.2, 0) is 0 Å². The number of carbonyl (C=O) groups is 1. The monoisotopic (exact) mass is 326 g/mol. The fourth-order valence-electron chi connectivity index (χ4n) is 2.71. The Hall–Kier alpha value is -3.34. The summed E-state index contributed by atoms with van der Waals surface area (Å²) in [6.07, 6.45) is 1.45. The average molecular weight is 326 g/mol. The van der Waals surface area contributed by atoms with Crippen LogP contribution in [0.25, 0.3) is 0 Å². The van der Waals surface area contributed by atoms with Gasteiger partial charge in [-0.15, -0.1) is 0 Å². The third-order valence-corrected chi connectivity index (χ3v) is 3.94. The molecule has 0 bridgehead atoms. The first kappa shape index (κ1) is 15.6. The molecular formula is C16H14N4O4. The molecule has 1 aromatic carbocycles. The summed E-state index contributed by atoms with van der Waals surface area (Å²) in [5.41, 5.74) is 0.612. The summed E-state index contributed by atoms with van der Waals surface area (Å²) in [7, 11) is 0. The molecule has 1 aromatic heterocycles. The second kappa shape index (κ2) is 6.42. The Balaban J connectivity index is 1.74. The molecule has 2 heterocycles. The van der Waals surface area contributed by atoms with Crippen molar-refractivity contribution in [1.29, 1.82) is 5.26 Å². The number of rotatable bonds is 3. The van der Waals surface area contributed by atoms with Gasteiger partial charge in [0.15, 0.2) is 5.76 Å². The average Bonchev–Trinajstić information content (AvgIpc) is 3.15. The number of amides is 1. The fraction of sp³-hybridized carbons (Fsp3) is 0.250. The smallest absolute Gasteiger partial charge is 0.293 e. The van der Waals surface area contributed by atoms with Crippen molar-refractivity contribution in [3.63, 3.8) is 0 Å². The highest BCUT2D eigenvalue weighted by atomic mass is 16.6. The Morgan fingerprint density at radius 3 is 2.58 bits per heavy atom. The van der Waals surface area contributed by atoms with E-state index in [-0.39, 0.29) is 22.9 Å². The van der Waals surface area contributed by atoms with Gasteiger partial charge in [-0.25, -0.2) is 0 Å². The molecule has 1 saturated heterocycles. The third-order valence-electron chi connectivity index (χ3n) is 3.94. The van der Waals surface area contributed by atoms with Gasteiger partial charge in [0.2, 0.25) is 0 Å². The Labute approximate surface area is 137 Å². The molecule has 8 nitrogen and oxygen atoms in total. The summed E-state index contributed by atoms with van der Waals surface area (Å²) in [6, 6.07) is 9.59. The van der Waals surface area contributed by atoms with Crippen molar-refractivity contribution in [1.82, 2.24) is 4.90 Å². The van der Waals surface area contributed by atoms with Crippen molar-refractivity contribution in [2.75, 3.05) is 31.1 Å². The number of nitro groups is 1. The zero-order valence-electron chi connectivity index (χ0n) is 12.7. The third kappa shape index (κ3) is 2.92. The first-order valence-corrected chi connectivity index (χ1v) is 7.36. The number of furan rings is 1. The summed E-state index contributed by atoms with van der Waals surface area (Å²) >= 11 is 0. The molecule has 8 heteroatoms. The Morgan fingerprint density at radius 1 is 1.25 bits per heavy atom. The molecule has 0 atom stereocenters. The van der Waals surface area contributed by atoms with Crippen molar-refractivity contribution in [2.24, 2.45) is 0 Å². The lowest BCUT2D eigenvalue weighted by Crippen LogP contribution is -2.48. The topological polar surface area (TPSA) is 104 Å². The lowest BCUT2D eigenvalue weighted by molar-refractivity contribution is -0.384. The van der Waals surface area contributed by atoms with Crippen LogP contribution >= 0.6 is 0 Å². The summed E-state index contributed by atoms with van der Waals surface area (Å²) in [5.74, 6) is 0.0989. The second-order valence-corrected chi connectivity index (χ2v) is 5.33. The van der Waals surface area contributed by atoms with Crippen LogP contribution in [0, 0.1) is 21.4 Å². The van der Waals surface area contributed by atoms with Gasteiger partial charge in [-0.1, -0.05) is 0 Å². The van der Waals surface area contributed by atoms with Crippen molar-refractivity contribution >= 4 is 17.3 Å². The number of hydrogen-bond acceptors (Lipinski definition) is 6. The minimum absolute atomic E-state index is 0.0974. The number of nitrogens with zero attached hydrogens (tertiary/aromatic N) is 4. The molecular weight excluding hydrogens is 312 g/mol. The molecule has 0 N–H and O–H groups in total. The van der Waals surface area contributed by atoms with E-state index >= 15 is 0 Å². The standard InChI is InChI=1S/C16H14N4O4/c17-11-12-3-4-13(14(10-12)20(22)23)18-5-7-19(8-6-18)16(21)15-2-1-9-24-15/h1-4,9-10H,5-8H2. The van der Waals surface area contributed by atoms with Crippen LogP contribution < -0.4 is 4.90 Å². The molecule has 3 rings (SSSR count). The maximum absolute atomic E-state index is 12.2.